The van der Waals surface area contributed by atoms with Crippen molar-refractivity contribution in [3.8, 4) is 17.2 Å². The topological polar surface area (TPSA) is 74.6 Å². The van der Waals surface area contributed by atoms with E-state index >= 15 is 0 Å². The van der Waals surface area contributed by atoms with Gasteiger partial charge in [-0.05, 0) is 32.9 Å². The highest BCUT2D eigenvalue weighted by atomic mass is 16.5. The van der Waals surface area contributed by atoms with Crippen LogP contribution in [0.4, 0.5) is 5.82 Å². The van der Waals surface area contributed by atoms with Crippen molar-refractivity contribution in [1.29, 1.82) is 0 Å². The third kappa shape index (κ3) is 3.98. The predicted octanol–water partition coefficient (Wildman–Crippen LogP) is 2.87. The van der Waals surface area contributed by atoms with Crippen LogP contribution in [0, 0.1) is 0 Å². The van der Waals surface area contributed by atoms with E-state index in [4.69, 9.17) is 14.2 Å². The Morgan fingerprint density at radius 1 is 1.08 bits per heavy atom. The maximum Gasteiger partial charge on any atom is 0.257 e. The van der Waals surface area contributed by atoms with Gasteiger partial charge in [-0.1, -0.05) is 0 Å². The zero-order valence-electron chi connectivity index (χ0n) is 14.5. The molecule has 0 bridgehead atoms. The van der Waals surface area contributed by atoms with Crippen molar-refractivity contribution in [2.24, 2.45) is 7.05 Å². The second-order valence-corrected chi connectivity index (χ2v) is 4.89. The van der Waals surface area contributed by atoms with Crippen LogP contribution in [0.15, 0.2) is 24.4 Å². The lowest BCUT2D eigenvalue weighted by Gasteiger charge is -2.17. The number of rotatable bonds is 8. The van der Waals surface area contributed by atoms with Crippen molar-refractivity contribution in [2.45, 2.75) is 20.8 Å². The van der Waals surface area contributed by atoms with E-state index in [2.05, 4.69) is 10.4 Å². The Morgan fingerprint density at radius 2 is 1.67 bits per heavy atom. The number of amides is 1. The van der Waals surface area contributed by atoms with Gasteiger partial charge >= 0.3 is 0 Å². The van der Waals surface area contributed by atoms with Gasteiger partial charge in [0.15, 0.2) is 11.5 Å². The Labute approximate surface area is 141 Å². The molecule has 1 aromatic carbocycles. The Balaban J connectivity index is 2.38. The molecule has 2 rings (SSSR count). The molecule has 0 atom stereocenters. The molecule has 1 amide bonds. The first-order valence-electron chi connectivity index (χ1n) is 7.96. The van der Waals surface area contributed by atoms with Crippen LogP contribution in [0.2, 0.25) is 0 Å². The molecule has 24 heavy (non-hydrogen) atoms. The van der Waals surface area contributed by atoms with Gasteiger partial charge in [0.2, 0.25) is 5.75 Å². The number of hydrogen-bond donors (Lipinski definition) is 1. The first-order valence-corrected chi connectivity index (χ1v) is 7.96. The summed E-state index contributed by atoms with van der Waals surface area (Å²) in [5, 5.41) is 6.83. The summed E-state index contributed by atoms with van der Waals surface area (Å²) in [6.45, 7) is 7.02. The van der Waals surface area contributed by atoms with Crippen molar-refractivity contribution in [2.75, 3.05) is 25.1 Å². The first-order chi connectivity index (χ1) is 11.6. The number of nitrogens with zero attached hydrogens (tertiary/aromatic N) is 2. The molecule has 0 radical (unpaired) electrons. The summed E-state index contributed by atoms with van der Waals surface area (Å²) in [6.07, 6.45) is 1.62. The molecule has 0 aliphatic carbocycles. The molecule has 7 heteroatoms. The summed E-state index contributed by atoms with van der Waals surface area (Å²) in [5.41, 5.74) is 0.423. The molecule has 0 unspecified atom stereocenters. The van der Waals surface area contributed by atoms with E-state index in [0.29, 0.717) is 48.5 Å². The molecule has 1 heterocycles. The summed E-state index contributed by atoms with van der Waals surface area (Å²) < 4.78 is 18.5. The second-order valence-electron chi connectivity index (χ2n) is 4.89. The number of carbonyl (C=O) groups excluding carboxylic acids is 1. The van der Waals surface area contributed by atoms with Crippen molar-refractivity contribution in [1.82, 2.24) is 9.78 Å². The fourth-order valence-corrected chi connectivity index (χ4v) is 2.20. The smallest absolute Gasteiger partial charge is 0.257 e. The van der Waals surface area contributed by atoms with Crippen molar-refractivity contribution < 1.29 is 19.0 Å². The summed E-state index contributed by atoms with van der Waals surface area (Å²) in [4.78, 5) is 12.5. The first kappa shape index (κ1) is 17.7. The number of aromatic nitrogens is 2. The SMILES string of the molecule is CCOc1cc(C(=O)Nc2ccnn2C)cc(OCC)c1OCC. The number of ether oxygens (including phenoxy) is 3. The third-order valence-corrected chi connectivity index (χ3v) is 3.23. The fraction of sp³-hybridized carbons (Fsp3) is 0.412. The lowest BCUT2D eigenvalue weighted by Crippen LogP contribution is -2.15. The van der Waals surface area contributed by atoms with Gasteiger partial charge < -0.3 is 19.5 Å². The molecule has 1 aromatic heterocycles. The standard InChI is InChI=1S/C17H23N3O4/c1-5-22-13-10-12(11-14(23-6-2)16(13)24-7-3)17(21)19-15-8-9-18-20(15)4/h8-11H,5-7H2,1-4H3,(H,19,21). The maximum atomic E-state index is 12.5. The van der Waals surface area contributed by atoms with Gasteiger partial charge in [0.25, 0.3) is 5.91 Å². The molecule has 2 aromatic rings. The predicted molar refractivity (Wildman–Crippen MR) is 91.1 cm³/mol. The van der Waals surface area contributed by atoms with Crippen LogP contribution in [-0.2, 0) is 7.05 Å². The van der Waals surface area contributed by atoms with Crippen LogP contribution in [0.1, 0.15) is 31.1 Å². The van der Waals surface area contributed by atoms with Crippen LogP contribution >= 0.6 is 0 Å². The van der Waals surface area contributed by atoms with E-state index < -0.39 is 0 Å². The van der Waals surface area contributed by atoms with Gasteiger partial charge in [-0.2, -0.15) is 5.10 Å². The fourth-order valence-electron chi connectivity index (χ4n) is 2.20. The normalized spacial score (nSPS) is 10.3. The van der Waals surface area contributed by atoms with E-state index in [1.807, 2.05) is 20.8 Å². The number of carbonyl (C=O) groups is 1. The zero-order chi connectivity index (χ0) is 17.5. The van der Waals surface area contributed by atoms with Gasteiger partial charge in [0.1, 0.15) is 5.82 Å². The Morgan fingerprint density at radius 3 is 2.12 bits per heavy atom. The highest BCUT2D eigenvalue weighted by molar-refractivity contribution is 6.04. The van der Waals surface area contributed by atoms with E-state index in [9.17, 15) is 4.79 Å². The molecular weight excluding hydrogens is 310 g/mol. The average Bonchev–Trinajstić information content (AvgIpc) is 2.95. The molecule has 130 valence electrons. The molecule has 0 fully saturated rings. The zero-order valence-corrected chi connectivity index (χ0v) is 14.5. The van der Waals surface area contributed by atoms with Crippen molar-refractivity contribution >= 4 is 11.7 Å². The van der Waals surface area contributed by atoms with E-state index in [1.54, 1.807) is 36.1 Å². The molecule has 0 saturated carbocycles. The Hall–Kier alpha value is -2.70. The summed E-state index contributed by atoms with van der Waals surface area (Å²) >= 11 is 0. The number of anilines is 1. The number of nitrogens with one attached hydrogen (secondary N) is 1. The van der Waals surface area contributed by atoms with Crippen LogP contribution in [0.25, 0.3) is 0 Å². The van der Waals surface area contributed by atoms with Crippen LogP contribution in [0.3, 0.4) is 0 Å². The van der Waals surface area contributed by atoms with Gasteiger partial charge in [0, 0.05) is 18.7 Å². The third-order valence-electron chi connectivity index (χ3n) is 3.23. The highest BCUT2D eigenvalue weighted by Crippen LogP contribution is 2.39. The summed E-state index contributed by atoms with van der Waals surface area (Å²) in [6, 6.07) is 5.03. The number of benzene rings is 1. The molecular formula is C17H23N3O4. The Kier molecular flexibility index (Phi) is 6.06. The van der Waals surface area contributed by atoms with E-state index in [0.717, 1.165) is 0 Å². The Bertz CT molecular complexity index is 670. The maximum absolute atomic E-state index is 12.5. The van der Waals surface area contributed by atoms with Crippen LogP contribution in [0.5, 0.6) is 17.2 Å². The molecule has 1 N–H and O–H groups in total. The minimum atomic E-state index is -0.274. The second kappa shape index (κ2) is 8.24. The van der Waals surface area contributed by atoms with Gasteiger partial charge in [-0.3, -0.25) is 9.48 Å². The van der Waals surface area contributed by atoms with Gasteiger partial charge in [-0.25, -0.2) is 0 Å². The molecule has 0 aliphatic rings. The van der Waals surface area contributed by atoms with Crippen LogP contribution < -0.4 is 19.5 Å². The largest absolute Gasteiger partial charge is 0.490 e. The molecule has 0 aliphatic heterocycles. The minimum Gasteiger partial charge on any atom is -0.490 e. The lowest BCUT2D eigenvalue weighted by atomic mass is 10.1. The molecule has 7 nitrogen and oxygen atoms in total. The van der Waals surface area contributed by atoms with Gasteiger partial charge in [-0.15, -0.1) is 0 Å². The lowest BCUT2D eigenvalue weighted by molar-refractivity contribution is 0.102. The van der Waals surface area contributed by atoms with Crippen LogP contribution in [-0.4, -0.2) is 35.5 Å². The van der Waals surface area contributed by atoms with Crippen molar-refractivity contribution in [3.63, 3.8) is 0 Å². The monoisotopic (exact) mass is 333 g/mol. The highest BCUT2D eigenvalue weighted by Gasteiger charge is 2.19. The molecule has 0 saturated heterocycles. The molecule has 0 spiro atoms. The van der Waals surface area contributed by atoms with E-state index in [-0.39, 0.29) is 5.91 Å². The summed E-state index contributed by atoms with van der Waals surface area (Å²) in [7, 11) is 1.76. The number of aryl methyl sites for hydroxylation is 1. The van der Waals surface area contributed by atoms with Crippen molar-refractivity contribution in [3.05, 3.63) is 30.0 Å². The van der Waals surface area contributed by atoms with Gasteiger partial charge in [0.05, 0.1) is 26.0 Å². The van der Waals surface area contributed by atoms with E-state index in [1.165, 1.54) is 0 Å². The quantitative estimate of drug-likeness (QED) is 0.804. The summed E-state index contributed by atoms with van der Waals surface area (Å²) in [5.74, 6) is 1.81. The average molecular weight is 333 g/mol. The minimum absolute atomic E-state index is 0.274. The number of hydrogen-bond acceptors (Lipinski definition) is 5.